The first-order valence-electron chi connectivity index (χ1n) is 8.62. The molecule has 3 rings (SSSR count). The molecule has 0 atom stereocenters. The van der Waals surface area contributed by atoms with Gasteiger partial charge in [-0.15, -0.1) is 0 Å². The topological polar surface area (TPSA) is 99.3 Å². The van der Waals surface area contributed by atoms with Crippen LogP contribution < -0.4 is 10.1 Å². The Bertz CT molecular complexity index is 1040. The summed E-state index contributed by atoms with van der Waals surface area (Å²) in [5.41, 5.74) is 3.25. The summed E-state index contributed by atoms with van der Waals surface area (Å²) < 4.78 is 7.26. The summed E-state index contributed by atoms with van der Waals surface area (Å²) in [4.78, 5) is 23.2. The van der Waals surface area contributed by atoms with Crippen LogP contribution in [-0.4, -0.2) is 20.6 Å². The lowest BCUT2D eigenvalue weighted by molar-refractivity contribution is -0.386. The van der Waals surface area contributed by atoms with E-state index in [1.807, 2.05) is 6.92 Å². The Morgan fingerprint density at radius 1 is 1.25 bits per heavy atom. The Morgan fingerprint density at radius 2 is 2.04 bits per heavy atom. The number of aromatic nitrogens is 2. The van der Waals surface area contributed by atoms with Gasteiger partial charge in [0, 0.05) is 24.9 Å². The van der Waals surface area contributed by atoms with Gasteiger partial charge in [-0.2, -0.15) is 5.10 Å². The highest BCUT2D eigenvalue weighted by Crippen LogP contribution is 2.28. The largest absolute Gasteiger partial charge is 0.482 e. The monoisotopic (exact) mass is 380 g/mol. The number of carbonyl (C=O) groups is 1. The second-order valence-corrected chi connectivity index (χ2v) is 6.47. The second kappa shape index (κ2) is 7.91. The quantitative estimate of drug-likeness (QED) is 0.518. The fraction of sp³-hybridized carbons (Fsp3) is 0.200. The van der Waals surface area contributed by atoms with E-state index in [1.54, 1.807) is 61.2 Å². The van der Waals surface area contributed by atoms with E-state index >= 15 is 0 Å². The molecule has 8 heteroatoms. The highest BCUT2D eigenvalue weighted by molar-refractivity contribution is 6.04. The molecule has 144 valence electrons. The van der Waals surface area contributed by atoms with E-state index in [4.69, 9.17) is 4.74 Å². The maximum Gasteiger partial charge on any atom is 0.311 e. The maximum absolute atomic E-state index is 12.5. The molecule has 0 unspecified atom stereocenters. The normalized spacial score (nSPS) is 10.5. The molecule has 0 fully saturated rings. The molecule has 0 aliphatic heterocycles. The number of carbonyl (C=O) groups excluding carboxylic acids is 1. The first kappa shape index (κ1) is 19.1. The van der Waals surface area contributed by atoms with Crippen LogP contribution in [0.25, 0.3) is 0 Å². The van der Waals surface area contributed by atoms with Crippen molar-refractivity contribution in [2.45, 2.75) is 20.5 Å². The molecule has 1 heterocycles. The zero-order chi connectivity index (χ0) is 20.3. The van der Waals surface area contributed by atoms with Gasteiger partial charge < -0.3 is 10.1 Å². The molecular formula is C20H20N4O4. The zero-order valence-electron chi connectivity index (χ0n) is 15.8. The van der Waals surface area contributed by atoms with Gasteiger partial charge in [-0.1, -0.05) is 18.2 Å². The molecule has 0 spiro atoms. The van der Waals surface area contributed by atoms with Gasteiger partial charge in [0.25, 0.3) is 5.91 Å². The van der Waals surface area contributed by atoms with Crippen molar-refractivity contribution >= 4 is 17.3 Å². The van der Waals surface area contributed by atoms with E-state index in [0.29, 0.717) is 11.3 Å². The molecule has 2 aromatic carbocycles. The number of ether oxygens (including phenoxy) is 1. The number of nitro benzene ring substituents is 1. The van der Waals surface area contributed by atoms with Gasteiger partial charge in [-0.3, -0.25) is 19.6 Å². The summed E-state index contributed by atoms with van der Waals surface area (Å²) in [6.45, 7) is 3.70. The van der Waals surface area contributed by atoms with E-state index in [2.05, 4.69) is 10.4 Å². The Kier molecular flexibility index (Phi) is 5.39. The van der Waals surface area contributed by atoms with Gasteiger partial charge in [0.2, 0.25) is 0 Å². The fourth-order valence-electron chi connectivity index (χ4n) is 2.77. The summed E-state index contributed by atoms with van der Waals surface area (Å²) in [7, 11) is 1.78. The molecule has 3 aromatic rings. The summed E-state index contributed by atoms with van der Waals surface area (Å²) in [6.07, 6.45) is 1.73. The summed E-state index contributed by atoms with van der Waals surface area (Å²) in [5, 5.41) is 18.2. The van der Waals surface area contributed by atoms with Gasteiger partial charge in [0.05, 0.1) is 16.3 Å². The van der Waals surface area contributed by atoms with Crippen molar-refractivity contribution in [1.29, 1.82) is 0 Å². The summed E-state index contributed by atoms with van der Waals surface area (Å²) in [6, 6.07) is 11.7. The van der Waals surface area contributed by atoms with Crippen LogP contribution in [0.5, 0.6) is 5.75 Å². The molecule has 1 amide bonds. The van der Waals surface area contributed by atoms with Crippen LogP contribution in [0.3, 0.4) is 0 Å². The molecule has 1 N–H and O–H groups in total. The highest BCUT2D eigenvalue weighted by atomic mass is 16.6. The van der Waals surface area contributed by atoms with Crippen molar-refractivity contribution < 1.29 is 14.5 Å². The third-order valence-electron chi connectivity index (χ3n) is 4.16. The predicted octanol–water partition coefficient (Wildman–Crippen LogP) is 3.78. The first-order chi connectivity index (χ1) is 13.3. The number of nitro groups is 1. The number of nitrogens with one attached hydrogen (secondary N) is 1. The van der Waals surface area contributed by atoms with Crippen molar-refractivity contribution in [3.8, 4) is 5.75 Å². The minimum atomic E-state index is -0.470. The lowest BCUT2D eigenvalue weighted by Gasteiger charge is -2.09. The Labute approximate surface area is 161 Å². The van der Waals surface area contributed by atoms with Gasteiger partial charge in [0.15, 0.2) is 5.75 Å². The zero-order valence-corrected chi connectivity index (χ0v) is 15.8. The van der Waals surface area contributed by atoms with Gasteiger partial charge in [-0.05, 0) is 43.2 Å². The van der Waals surface area contributed by atoms with Gasteiger partial charge in [0.1, 0.15) is 6.61 Å². The molecule has 0 saturated carbocycles. The van der Waals surface area contributed by atoms with Crippen LogP contribution in [-0.2, 0) is 13.7 Å². The van der Waals surface area contributed by atoms with Crippen LogP contribution in [0.2, 0.25) is 0 Å². The van der Waals surface area contributed by atoms with Crippen molar-refractivity contribution in [1.82, 2.24) is 9.78 Å². The fourth-order valence-corrected chi connectivity index (χ4v) is 2.77. The smallest absolute Gasteiger partial charge is 0.311 e. The molecule has 0 saturated heterocycles. The van der Waals surface area contributed by atoms with Crippen LogP contribution in [0.4, 0.5) is 11.4 Å². The molecule has 0 aliphatic rings. The number of anilines is 1. The Morgan fingerprint density at radius 3 is 2.71 bits per heavy atom. The van der Waals surface area contributed by atoms with Crippen LogP contribution in [0, 0.1) is 24.0 Å². The SMILES string of the molecule is Cc1ccc(OCc2cccc(C(=O)Nc3cn(C)nc3C)c2)c([N+](=O)[O-])c1. The third kappa shape index (κ3) is 4.35. The minimum Gasteiger partial charge on any atom is -0.482 e. The van der Waals surface area contributed by atoms with Crippen molar-refractivity contribution in [3.05, 3.63) is 81.2 Å². The van der Waals surface area contributed by atoms with E-state index < -0.39 is 4.92 Å². The summed E-state index contributed by atoms with van der Waals surface area (Å²) in [5.74, 6) is -0.0734. The lowest BCUT2D eigenvalue weighted by Crippen LogP contribution is -2.12. The van der Waals surface area contributed by atoms with E-state index in [9.17, 15) is 14.9 Å². The number of benzene rings is 2. The number of amides is 1. The van der Waals surface area contributed by atoms with E-state index in [0.717, 1.165) is 16.8 Å². The van der Waals surface area contributed by atoms with Gasteiger partial charge in [-0.25, -0.2) is 0 Å². The Balaban J connectivity index is 1.73. The van der Waals surface area contributed by atoms with Crippen molar-refractivity contribution in [2.24, 2.45) is 7.05 Å². The second-order valence-electron chi connectivity index (χ2n) is 6.47. The third-order valence-corrected chi connectivity index (χ3v) is 4.16. The molecule has 8 nitrogen and oxygen atoms in total. The molecule has 28 heavy (non-hydrogen) atoms. The number of nitrogens with zero attached hydrogens (tertiary/aromatic N) is 3. The lowest BCUT2D eigenvalue weighted by atomic mass is 10.1. The molecule has 0 bridgehead atoms. The van der Waals surface area contributed by atoms with Crippen LogP contribution >= 0.6 is 0 Å². The van der Waals surface area contributed by atoms with Gasteiger partial charge >= 0.3 is 5.69 Å². The first-order valence-corrected chi connectivity index (χ1v) is 8.62. The standard InChI is InChI=1S/C20H20N4O4/c1-13-7-8-19(18(9-13)24(26)27)28-12-15-5-4-6-16(10-15)20(25)21-17-11-23(3)22-14(17)2/h4-11H,12H2,1-3H3,(H,21,25). The summed E-state index contributed by atoms with van der Waals surface area (Å²) >= 11 is 0. The molecule has 0 radical (unpaired) electrons. The highest BCUT2D eigenvalue weighted by Gasteiger charge is 2.16. The average molecular weight is 380 g/mol. The van der Waals surface area contributed by atoms with E-state index in [-0.39, 0.29) is 24.0 Å². The molecule has 1 aromatic heterocycles. The van der Waals surface area contributed by atoms with Crippen LogP contribution in [0.15, 0.2) is 48.7 Å². The van der Waals surface area contributed by atoms with Crippen molar-refractivity contribution in [3.63, 3.8) is 0 Å². The number of hydrogen-bond donors (Lipinski definition) is 1. The molecular weight excluding hydrogens is 360 g/mol. The number of rotatable bonds is 6. The van der Waals surface area contributed by atoms with Crippen molar-refractivity contribution in [2.75, 3.05) is 5.32 Å². The number of hydrogen-bond acceptors (Lipinski definition) is 5. The number of aryl methyl sites for hydroxylation is 3. The Hall–Kier alpha value is -3.68. The van der Waals surface area contributed by atoms with E-state index in [1.165, 1.54) is 6.07 Å². The minimum absolute atomic E-state index is 0.0825. The van der Waals surface area contributed by atoms with Crippen LogP contribution in [0.1, 0.15) is 27.2 Å². The maximum atomic E-state index is 12.5. The predicted molar refractivity (Wildman–Crippen MR) is 105 cm³/mol. The average Bonchev–Trinajstić information content (AvgIpc) is 2.97. The molecule has 0 aliphatic carbocycles.